The number of halogens is 1. The third-order valence-electron chi connectivity index (χ3n) is 2.66. The molecule has 20 heavy (non-hydrogen) atoms. The molecule has 0 atom stereocenters. The first-order valence-electron chi connectivity index (χ1n) is 5.98. The van der Waals surface area contributed by atoms with Crippen molar-refractivity contribution in [3.63, 3.8) is 0 Å². The number of hydrogen-bond donors (Lipinski definition) is 1. The summed E-state index contributed by atoms with van der Waals surface area (Å²) in [6.45, 7) is 4.55. The molecular formula is C14H14FNO4. The number of esters is 2. The van der Waals surface area contributed by atoms with Crippen molar-refractivity contribution in [2.75, 3.05) is 5.32 Å². The summed E-state index contributed by atoms with van der Waals surface area (Å²) in [5.41, 5.74) is 0.747. The van der Waals surface area contributed by atoms with Crippen LogP contribution in [0.5, 0.6) is 0 Å². The van der Waals surface area contributed by atoms with Gasteiger partial charge in [0.2, 0.25) is 0 Å². The fourth-order valence-electron chi connectivity index (χ4n) is 1.67. The molecule has 1 N–H and O–H groups in total. The predicted molar refractivity (Wildman–Crippen MR) is 69.1 cm³/mol. The molecule has 5 nitrogen and oxygen atoms in total. The van der Waals surface area contributed by atoms with Crippen molar-refractivity contribution in [2.24, 2.45) is 0 Å². The average Bonchev–Trinajstić information content (AvgIpc) is 2.31. The second-order valence-electron chi connectivity index (χ2n) is 4.85. The van der Waals surface area contributed by atoms with Gasteiger partial charge in [0.05, 0.1) is 0 Å². The molecule has 1 aromatic carbocycles. The highest BCUT2D eigenvalue weighted by Gasteiger charge is 2.38. The lowest BCUT2D eigenvalue weighted by Gasteiger charge is -2.29. The number of benzene rings is 1. The molecule has 1 aliphatic rings. The zero-order chi connectivity index (χ0) is 14.9. The second kappa shape index (κ2) is 4.96. The molecule has 0 aromatic heterocycles. The molecule has 106 valence electrons. The van der Waals surface area contributed by atoms with Crippen molar-refractivity contribution in [3.05, 3.63) is 41.4 Å². The third kappa shape index (κ3) is 2.96. The van der Waals surface area contributed by atoms with Crippen molar-refractivity contribution in [3.8, 4) is 0 Å². The highest BCUT2D eigenvalue weighted by Crippen LogP contribution is 2.23. The van der Waals surface area contributed by atoms with Crippen LogP contribution in [-0.4, -0.2) is 17.7 Å². The van der Waals surface area contributed by atoms with Gasteiger partial charge in [-0.2, -0.15) is 0 Å². The Morgan fingerprint density at radius 3 is 2.35 bits per heavy atom. The van der Waals surface area contributed by atoms with Crippen LogP contribution in [0.3, 0.4) is 0 Å². The minimum absolute atomic E-state index is 0.244. The smallest absolute Gasteiger partial charge is 0.350 e. The SMILES string of the molecule is Cc1cc(NC=C2C(=O)OC(C)(C)OC2=O)ccc1F. The molecule has 1 aliphatic heterocycles. The van der Waals surface area contributed by atoms with Gasteiger partial charge in [-0.15, -0.1) is 0 Å². The summed E-state index contributed by atoms with van der Waals surface area (Å²) in [5, 5.41) is 2.74. The van der Waals surface area contributed by atoms with Crippen LogP contribution in [0.4, 0.5) is 10.1 Å². The van der Waals surface area contributed by atoms with E-state index in [2.05, 4.69) is 5.32 Å². The molecule has 0 bridgehead atoms. The maximum atomic E-state index is 13.1. The predicted octanol–water partition coefficient (Wildman–Crippen LogP) is 2.27. The standard InChI is InChI=1S/C14H14FNO4/c1-8-6-9(4-5-11(8)15)16-7-10-12(17)19-14(2,3)20-13(10)18/h4-7,16H,1-3H3. The molecule has 1 aromatic rings. The topological polar surface area (TPSA) is 64.6 Å². The Morgan fingerprint density at radius 2 is 1.80 bits per heavy atom. The first-order chi connectivity index (χ1) is 9.28. The molecule has 0 saturated carbocycles. The minimum Gasteiger partial charge on any atom is -0.419 e. The summed E-state index contributed by atoms with van der Waals surface area (Å²) in [7, 11) is 0. The molecule has 0 aliphatic carbocycles. The Hall–Kier alpha value is -2.37. The number of anilines is 1. The fourth-order valence-corrected chi connectivity index (χ4v) is 1.67. The van der Waals surface area contributed by atoms with Crippen LogP contribution in [-0.2, 0) is 19.1 Å². The number of carbonyl (C=O) groups excluding carboxylic acids is 2. The van der Waals surface area contributed by atoms with Crippen molar-refractivity contribution < 1.29 is 23.5 Å². The number of ether oxygens (including phenoxy) is 2. The Bertz CT molecular complexity index is 585. The van der Waals surface area contributed by atoms with Crippen LogP contribution in [0.2, 0.25) is 0 Å². The number of aryl methyl sites for hydroxylation is 1. The van der Waals surface area contributed by atoms with Gasteiger partial charge < -0.3 is 14.8 Å². The number of nitrogens with one attached hydrogen (secondary N) is 1. The first-order valence-corrected chi connectivity index (χ1v) is 5.98. The fraction of sp³-hybridized carbons (Fsp3) is 0.286. The van der Waals surface area contributed by atoms with E-state index in [1.165, 1.54) is 32.2 Å². The van der Waals surface area contributed by atoms with E-state index in [9.17, 15) is 14.0 Å². The third-order valence-corrected chi connectivity index (χ3v) is 2.66. The average molecular weight is 279 g/mol. The van der Waals surface area contributed by atoms with Crippen LogP contribution in [0.25, 0.3) is 0 Å². The lowest BCUT2D eigenvalue weighted by atomic mass is 10.2. The Morgan fingerprint density at radius 1 is 1.20 bits per heavy atom. The Kier molecular flexibility index (Phi) is 3.48. The molecule has 0 spiro atoms. The highest BCUT2D eigenvalue weighted by molar-refractivity contribution is 6.15. The molecule has 1 saturated heterocycles. The van der Waals surface area contributed by atoms with Crippen molar-refractivity contribution in [1.29, 1.82) is 0 Å². The first kappa shape index (κ1) is 14.0. The van der Waals surface area contributed by atoms with Gasteiger partial charge in [0.15, 0.2) is 5.57 Å². The maximum absolute atomic E-state index is 13.1. The quantitative estimate of drug-likeness (QED) is 0.511. The summed E-state index contributed by atoms with van der Waals surface area (Å²) in [4.78, 5) is 23.3. The van der Waals surface area contributed by atoms with Gasteiger partial charge >= 0.3 is 11.9 Å². The van der Waals surface area contributed by atoms with Crippen LogP contribution in [0.15, 0.2) is 30.0 Å². The molecule has 2 rings (SSSR count). The van der Waals surface area contributed by atoms with Gasteiger partial charge in [0.25, 0.3) is 5.79 Å². The molecule has 1 heterocycles. The van der Waals surface area contributed by atoms with E-state index in [1.807, 2.05) is 0 Å². The van der Waals surface area contributed by atoms with E-state index in [0.717, 1.165) is 0 Å². The van der Waals surface area contributed by atoms with Gasteiger partial charge in [-0.25, -0.2) is 14.0 Å². The summed E-state index contributed by atoms with van der Waals surface area (Å²) in [6, 6.07) is 4.33. The molecule has 0 unspecified atom stereocenters. The molecular weight excluding hydrogens is 265 g/mol. The normalized spacial score (nSPS) is 17.3. The van der Waals surface area contributed by atoms with E-state index in [-0.39, 0.29) is 11.4 Å². The highest BCUT2D eigenvalue weighted by atomic mass is 19.1. The zero-order valence-electron chi connectivity index (χ0n) is 11.3. The van der Waals surface area contributed by atoms with Crippen LogP contribution < -0.4 is 5.32 Å². The summed E-state index contributed by atoms with van der Waals surface area (Å²) in [5.74, 6) is -3.13. The number of hydrogen-bond acceptors (Lipinski definition) is 5. The summed E-state index contributed by atoms with van der Waals surface area (Å²) < 4.78 is 23.0. The van der Waals surface area contributed by atoms with Gasteiger partial charge in [-0.05, 0) is 30.7 Å². The second-order valence-corrected chi connectivity index (χ2v) is 4.85. The summed E-state index contributed by atoms with van der Waals surface area (Å²) >= 11 is 0. The lowest BCUT2D eigenvalue weighted by molar-refractivity contribution is -0.222. The number of cyclic esters (lactones) is 2. The molecule has 0 amide bonds. The van der Waals surface area contributed by atoms with E-state index >= 15 is 0 Å². The maximum Gasteiger partial charge on any atom is 0.350 e. The lowest BCUT2D eigenvalue weighted by Crippen LogP contribution is -2.42. The van der Waals surface area contributed by atoms with Crippen LogP contribution >= 0.6 is 0 Å². The van der Waals surface area contributed by atoms with E-state index in [4.69, 9.17) is 9.47 Å². The Labute approximate surface area is 115 Å². The molecule has 6 heteroatoms. The molecule has 0 radical (unpaired) electrons. The largest absolute Gasteiger partial charge is 0.419 e. The van der Waals surface area contributed by atoms with E-state index in [1.54, 1.807) is 13.0 Å². The van der Waals surface area contributed by atoms with Gasteiger partial charge in [-0.3, -0.25) is 0 Å². The van der Waals surface area contributed by atoms with Gasteiger partial charge in [-0.1, -0.05) is 0 Å². The van der Waals surface area contributed by atoms with Crippen LogP contribution in [0, 0.1) is 12.7 Å². The zero-order valence-corrected chi connectivity index (χ0v) is 11.3. The monoisotopic (exact) mass is 279 g/mol. The van der Waals surface area contributed by atoms with E-state index in [0.29, 0.717) is 11.3 Å². The minimum atomic E-state index is -1.27. The van der Waals surface area contributed by atoms with Crippen molar-refractivity contribution in [2.45, 2.75) is 26.6 Å². The van der Waals surface area contributed by atoms with E-state index < -0.39 is 17.7 Å². The van der Waals surface area contributed by atoms with Crippen molar-refractivity contribution >= 4 is 17.6 Å². The molecule has 1 fully saturated rings. The van der Waals surface area contributed by atoms with Gasteiger partial charge in [0.1, 0.15) is 5.82 Å². The van der Waals surface area contributed by atoms with Crippen molar-refractivity contribution in [1.82, 2.24) is 0 Å². The Balaban J connectivity index is 2.17. The number of carbonyl (C=O) groups is 2. The number of rotatable bonds is 2. The van der Waals surface area contributed by atoms with Crippen LogP contribution in [0.1, 0.15) is 19.4 Å². The summed E-state index contributed by atoms with van der Waals surface area (Å²) in [6.07, 6.45) is 1.19. The van der Waals surface area contributed by atoms with Gasteiger partial charge in [0, 0.05) is 25.7 Å².